The van der Waals surface area contributed by atoms with Crippen molar-refractivity contribution >= 4 is 0 Å². The molecular formula is C7H12F3O2. The zero-order valence-corrected chi connectivity index (χ0v) is 7.23. The van der Waals surface area contributed by atoms with E-state index in [0.717, 1.165) is 0 Å². The largest absolute Gasteiger partial charge is 0.417 e. The van der Waals surface area contributed by atoms with Gasteiger partial charge in [-0.05, 0) is 13.8 Å². The number of hydrogen-bond acceptors (Lipinski definition) is 2. The smallest absolute Gasteiger partial charge is 0.376 e. The van der Waals surface area contributed by atoms with Gasteiger partial charge in [0.25, 0.3) is 0 Å². The topological polar surface area (TPSA) is 18.5 Å². The summed E-state index contributed by atoms with van der Waals surface area (Å²) in [6, 6.07) is 0. The number of alkyl halides is 3. The van der Waals surface area contributed by atoms with Crippen LogP contribution in [0.2, 0.25) is 0 Å². The van der Waals surface area contributed by atoms with Gasteiger partial charge in [-0.15, -0.1) is 0 Å². The molecule has 1 radical (unpaired) electrons. The Hall–Kier alpha value is -0.290. The molecule has 2 nitrogen and oxygen atoms in total. The summed E-state index contributed by atoms with van der Waals surface area (Å²) in [7, 11) is 1.41. The molecule has 0 amide bonds. The predicted octanol–water partition coefficient (Wildman–Crippen LogP) is 2.15. The van der Waals surface area contributed by atoms with E-state index in [2.05, 4.69) is 4.74 Å². The van der Waals surface area contributed by atoms with Gasteiger partial charge in [-0.2, -0.15) is 13.2 Å². The Morgan fingerprint density at radius 2 is 1.75 bits per heavy atom. The van der Waals surface area contributed by atoms with Crippen molar-refractivity contribution in [2.45, 2.75) is 25.6 Å². The second-order valence-corrected chi connectivity index (χ2v) is 2.93. The molecule has 0 aromatic heterocycles. The summed E-state index contributed by atoms with van der Waals surface area (Å²) in [6.45, 7) is 3.01. The Labute approximate surface area is 69.7 Å². The van der Waals surface area contributed by atoms with Crippen LogP contribution >= 0.6 is 0 Å². The second-order valence-electron chi connectivity index (χ2n) is 2.93. The van der Waals surface area contributed by atoms with Crippen LogP contribution in [0.4, 0.5) is 13.2 Å². The molecule has 0 saturated carbocycles. The minimum Gasteiger partial charge on any atom is -0.376 e. The molecule has 0 heterocycles. The number of halogens is 3. The van der Waals surface area contributed by atoms with Crippen molar-refractivity contribution in [2.75, 3.05) is 13.7 Å². The van der Waals surface area contributed by atoms with Crippen molar-refractivity contribution in [1.82, 2.24) is 0 Å². The van der Waals surface area contributed by atoms with Crippen molar-refractivity contribution in [1.29, 1.82) is 0 Å². The van der Waals surface area contributed by atoms with Crippen LogP contribution in [0.15, 0.2) is 0 Å². The molecule has 0 saturated heterocycles. The Kier molecular flexibility index (Phi) is 3.99. The van der Waals surface area contributed by atoms with Gasteiger partial charge in [-0.3, -0.25) is 0 Å². The number of rotatable bonds is 4. The molecule has 0 unspecified atom stereocenters. The van der Waals surface area contributed by atoms with Crippen LogP contribution in [0.5, 0.6) is 0 Å². The van der Waals surface area contributed by atoms with Crippen molar-refractivity contribution in [3.63, 3.8) is 0 Å². The molecule has 0 spiro atoms. The van der Waals surface area contributed by atoms with Gasteiger partial charge in [0.1, 0.15) is 0 Å². The first-order valence-corrected chi connectivity index (χ1v) is 3.35. The van der Waals surface area contributed by atoms with Crippen molar-refractivity contribution < 1.29 is 22.6 Å². The molecule has 12 heavy (non-hydrogen) atoms. The predicted molar refractivity (Wildman–Crippen MR) is 37.4 cm³/mol. The monoisotopic (exact) mass is 185 g/mol. The molecule has 0 N–H and O–H groups in total. The van der Waals surface area contributed by atoms with Gasteiger partial charge < -0.3 is 9.47 Å². The van der Waals surface area contributed by atoms with Crippen LogP contribution in [-0.4, -0.2) is 25.5 Å². The van der Waals surface area contributed by atoms with Crippen molar-refractivity contribution in [2.24, 2.45) is 0 Å². The van der Waals surface area contributed by atoms with E-state index in [1.54, 1.807) is 13.8 Å². The lowest BCUT2D eigenvalue weighted by molar-refractivity contribution is -0.150. The van der Waals surface area contributed by atoms with E-state index < -0.39 is 11.8 Å². The lowest BCUT2D eigenvalue weighted by atomic mass is 10.1. The highest BCUT2D eigenvalue weighted by molar-refractivity contribution is 4.70. The highest BCUT2D eigenvalue weighted by Crippen LogP contribution is 2.20. The highest BCUT2D eigenvalue weighted by atomic mass is 19.4. The lowest BCUT2D eigenvalue weighted by Gasteiger charge is -2.22. The van der Waals surface area contributed by atoms with E-state index in [1.165, 1.54) is 7.11 Å². The Morgan fingerprint density at radius 3 is 2.08 bits per heavy atom. The number of hydrogen-bond donors (Lipinski definition) is 0. The first-order valence-electron chi connectivity index (χ1n) is 3.35. The maximum absolute atomic E-state index is 11.5. The summed E-state index contributed by atoms with van der Waals surface area (Å²) in [6.07, 6.45) is -4.39. The molecule has 0 bridgehead atoms. The van der Waals surface area contributed by atoms with Crippen molar-refractivity contribution in [3.05, 3.63) is 6.61 Å². The SMILES string of the molecule is COC(C)(C)CO[CH]C(F)(F)F. The van der Waals surface area contributed by atoms with Crippen LogP contribution in [0.3, 0.4) is 0 Å². The normalized spacial score (nSPS) is 13.5. The molecule has 0 aliphatic carbocycles. The first kappa shape index (κ1) is 11.7. The average molecular weight is 185 g/mol. The summed E-state index contributed by atoms with van der Waals surface area (Å²) < 4.78 is 43.7. The molecular weight excluding hydrogens is 173 g/mol. The Bertz CT molecular complexity index is 131. The zero-order valence-electron chi connectivity index (χ0n) is 7.23. The molecule has 0 aromatic carbocycles. The van der Waals surface area contributed by atoms with Crippen LogP contribution in [0, 0.1) is 6.61 Å². The number of methoxy groups -OCH3 is 1. The second kappa shape index (κ2) is 4.09. The maximum atomic E-state index is 11.5. The molecule has 0 aromatic rings. The maximum Gasteiger partial charge on any atom is 0.417 e. The van der Waals surface area contributed by atoms with Gasteiger partial charge in [0.2, 0.25) is 0 Å². The third-order valence-corrected chi connectivity index (χ3v) is 1.20. The summed E-state index contributed by atoms with van der Waals surface area (Å²) >= 11 is 0. The fourth-order valence-electron chi connectivity index (χ4n) is 0.396. The first-order chi connectivity index (χ1) is 5.27. The minimum atomic E-state index is -4.39. The highest BCUT2D eigenvalue weighted by Gasteiger charge is 2.30. The van der Waals surface area contributed by atoms with Crippen LogP contribution in [0.1, 0.15) is 13.8 Å². The average Bonchev–Trinajstić information content (AvgIpc) is 1.84. The quantitative estimate of drug-likeness (QED) is 0.668. The summed E-state index contributed by atoms with van der Waals surface area (Å²) in [4.78, 5) is 0. The summed E-state index contributed by atoms with van der Waals surface area (Å²) in [5, 5.41) is 0. The Morgan fingerprint density at radius 1 is 1.25 bits per heavy atom. The number of ether oxygens (including phenoxy) is 2. The van der Waals surface area contributed by atoms with E-state index in [9.17, 15) is 13.2 Å². The Balaban J connectivity index is 3.57. The van der Waals surface area contributed by atoms with Crippen molar-refractivity contribution in [3.8, 4) is 0 Å². The third-order valence-electron chi connectivity index (χ3n) is 1.20. The van der Waals surface area contributed by atoms with E-state index in [-0.39, 0.29) is 13.2 Å². The van der Waals surface area contributed by atoms with E-state index >= 15 is 0 Å². The minimum absolute atomic E-state index is 0.122. The van der Waals surface area contributed by atoms with Gasteiger partial charge in [0.15, 0.2) is 6.61 Å². The van der Waals surface area contributed by atoms with Crippen LogP contribution in [-0.2, 0) is 9.47 Å². The summed E-state index contributed by atoms with van der Waals surface area (Å²) in [5.41, 5.74) is -0.693. The van der Waals surface area contributed by atoms with Gasteiger partial charge in [0, 0.05) is 7.11 Å². The molecule has 0 fully saturated rings. The van der Waals surface area contributed by atoms with Gasteiger partial charge >= 0.3 is 6.18 Å². The van der Waals surface area contributed by atoms with Gasteiger partial charge in [0.05, 0.1) is 12.2 Å². The van der Waals surface area contributed by atoms with Gasteiger partial charge in [-0.25, -0.2) is 0 Å². The van der Waals surface area contributed by atoms with E-state index in [4.69, 9.17) is 4.74 Å². The fraction of sp³-hybridized carbons (Fsp3) is 0.857. The zero-order chi connectivity index (χ0) is 9.83. The molecule has 5 heteroatoms. The van der Waals surface area contributed by atoms with Gasteiger partial charge in [-0.1, -0.05) is 0 Å². The molecule has 0 atom stereocenters. The van der Waals surface area contributed by atoms with Crippen LogP contribution < -0.4 is 0 Å². The molecule has 0 rings (SSSR count). The lowest BCUT2D eigenvalue weighted by Crippen LogP contribution is -2.30. The standard InChI is InChI=1S/C7H12F3O2/c1-6(2,11-3)4-12-5-7(8,9)10/h5H,4H2,1-3H3. The third kappa shape index (κ3) is 6.42. The van der Waals surface area contributed by atoms with E-state index in [0.29, 0.717) is 0 Å². The molecule has 73 valence electrons. The summed E-state index contributed by atoms with van der Waals surface area (Å²) in [5.74, 6) is 0. The molecule has 0 aliphatic rings. The van der Waals surface area contributed by atoms with Crippen LogP contribution in [0.25, 0.3) is 0 Å². The molecule has 0 aliphatic heterocycles. The van der Waals surface area contributed by atoms with E-state index in [1.807, 2.05) is 0 Å². The fourth-order valence-corrected chi connectivity index (χ4v) is 0.396.